The molecule has 0 bridgehead atoms. The van der Waals surface area contributed by atoms with E-state index in [-0.39, 0.29) is 5.69 Å². The van der Waals surface area contributed by atoms with Crippen molar-refractivity contribution in [3.63, 3.8) is 0 Å². The van der Waals surface area contributed by atoms with Gasteiger partial charge >= 0.3 is 5.97 Å². The molecule has 1 saturated heterocycles. The van der Waals surface area contributed by atoms with E-state index in [0.717, 1.165) is 18.8 Å². The number of likely N-dealkylation sites (tertiary alicyclic amines) is 1. The van der Waals surface area contributed by atoms with Gasteiger partial charge in [0, 0.05) is 25.0 Å². The molecule has 0 spiro atoms. The Balaban J connectivity index is 1.80. The Morgan fingerprint density at radius 1 is 1.53 bits per heavy atom. The smallest absolute Gasteiger partial charge is 0.354 e. The Morgan fingerprint density at radius 3 is 2.95 bits per heavy atom. The SMILES string of the molecule is CC(CNc1ccnc(C(=O)O)c1)CN1CCCC1. The van der Waals surface area contributed by atoms with E-state index in [0.29, 0.717) is 5.92 Å². The van der Waals surface area contributed by atoms with Crippen LogP contribution in [-0.4, -0.2) is 47.1 Å². The predicted octanol–water partition coefficient (Wildman–Crippen LogP) is 1.92. The highest BCUT2D eigenvalue weighted by Gasteiger charge is 2.14. The molecule has 19 heavy (non-hydrogen) atoms. The lowest BCUT2D eigenvalue weighted by atomic mass is 10.1. The van der Waals surface area contributed by atoms with Crippen molar-refractivity contribution in [2.45, 2.75) is 19.8 Å². The molecule has 1 unspecified atom stereocenters. The molecule has 1 atom stereocenters. The summed E-state index contributed by atoms with van der Waals surface area (Å²) in [6.07, 6.45) is 4.15. The maximum Gasteiger partial charge on any atom is 0.354 e. The Kier molecular flexibility index (Phi) is 4.74. The third-order valence-corrected chi connectivity index (χ3v) is 3.40. The average molecular weight is 263 g/mol. The fourth-order valence-electron chi connectivity index (χ4n) is 2.42. The van der Waals surface area contributed by atoms with Gasteiger partial charge in [-0.2, -0.15) is 0 Å². The second-order valence-corrected chi connectivity index (χ2v) is 5.23. The summed E-state index contributed by atoms with van der Waals surface area (Å²) in [7, 11) is 0. The number of carbonyl (C=O) groups is 1. The largest absolute Gasteiger partial charge is 0.477 e. The lowest BCUT2D eigenvalue weighted by Gasteiger charge is -2.20. The van der Waals surface area contributed by atoms with Gasteiger partial charge in [0.1, 0.15) is 5.69 Å². The van der Waals surface area contributed by atoms with Crippen molar-refractivity contribution >= 4 is 11.7 Å². The predicted molar refractivity (Wildman–Crippen MR) is 74.5 cm³/mol. The zero-order chi connectivity index (χ0) is 13.7. The number of aromatic carboxylic acids is 1. The van der Waals surface area contributed by atoms with E-state index in [2.05, 4.69) is 22.1 Å². The highest BCUT2D eigenvalue weighted by Crippen LogP contribution is 2.12. The lowest BCUT2D eigenvalue weighted by Crippen LogP contribution is -2.28. The van der Waals surface area contributed by atoms with Crippen LogP contribution in [0.5, 0.6) is 0 Å². The van der Waals surface area contributed by atoms with Gasteiger partial charge in [0.25, 0.3) is 0 Å². The minimum Gasteiger partial charge on any atom is -0.477 e. The zero-order valence-electron chi connectivity index (χ0n) is 11.3. The average Bonchev–Trinajstić information content (AvgIpc) is 2.89. The van der Waals surface area contributed by atoms with E-state index < -0.39 is 5.97 Å². The monoisotopic (exact) mass is 263 g/mol. The fourth-order valence-corrected chi connectivity index (χ4v) is 2.42. The first kappa shape index (κ1) is 13.8. The van der Waals surface area contributed by atoms with Gasteiger partial charge in [-0.3, -0.25) is 0 Å². The van der Waals surface area contributed by atoms with Crippen LogP contribution in [0.4, 0.5) is 5.69 Å². The molecule has 0 radical (unpaired) electrons. The first-order valence-electron chi connectivity index (χ1n) is 6.80. The third kappa shape index (κ3) is 4.21. The van der Waals surface area contributed by atoms with Crippen molar-refractivity contribution < 1.29 is 9.90 Å². The van der Waals surface area contributed by atoms with Crippen LogP contribution >= 0.6 is 0 Å². The standard InChI is InChI=1S/C14H21N3O2/c1-11(10-17-6-2-3-7-17)9-16-12-4-5-15-13(8-12)14(18)19/h4-5,8,11H,2-3,6-7,9-10H2,1H3,(H,15,16)(H,18,19). The molecule has 5 nitrogen and oxygen atoms in total. The van der Waals surface area contributed by atoms with Crippen LogP contribution in [0.3, 0.4) is 0 Å². The number of anilines is 1. The lowest BCUT2D eigenvalue weighted by molar-refractivity contribution is 0.0690. The van der Waals surface area contributed by atoms with Crippen molar-refractivity contribution in [1.29, 1.82) is 0 Å². The molecular formula is C14H21N3O2. The van der Waals surface area contributed by atoms with Crippen molar-refractivity contribution in [3.8, 4) is 0 Å². The first-order chi connectivity index (χ1) is 9.15. The van der Waals surface area contributed by atoms with E-state index in [1.165, 1.54) is 32.1 Å². The van der Waals surface area contributed by atoms with Crippen LogP contribution < -0.4 is 5.32 Å². The van der Waals surface area contributed by atoms with Gasteiger partial charge in [-0.1, -0.05) is 6.92 Å². The quantitative estimate of drug-likeness (QED) is 0.821. The van der Waals surface area contributed by atoms with E-state index in [1.807, 2.05) is 0 Å². The van der Waals surface area contributed by atoms with E-state index in [1.54, 1.807) is 12.1 Å². The van der Waals surface area contributed by atoms with E-state index in [4.69, 9.17) is 5.11 Å². The van der Waals surface area contributed by atoms with Crippen LogP contribution in [-0.2, 0) is 0 Å². The molecule has 5 heteroatoms. The molecule has 0 amide bonds. The summed E-state index contributed by atoms with van der Waals surface area (Å²) in [5.74, 6) is -0.451. The number of pyridine rings is 1. The van der Waals surface area contributed by atoms with Crippen molar-refractivity contribution in [3.05, 3.63) is 24.0 Å². The van der Waals surface area contributed by atoms with Gasteiger partial charge in [0.2, 0.25) is 0 Å². The summed E-state index contributed by atoms with van der Waals surface area (Å²) in [5, 5.41) is 12.2. The van der Waals surface area contributed by atoms with Crippen LogP contribution in [0.15, 0.2) is 18.3 Å². The Bertz CT molecular complexity index is 430. The summed E-state index contributed by atoms with van der Waals surface area (Å²) >= 11 is 0. The topological polar surface area (TPSA) is 65.5 Å². The normalized spacial score (nSPS) is 17.3. The fraction of sp³-hybridized carbons (Fsp3) is 0.571. The highest BCUT2D eigenvalue weighted by molar-refractivity contribution is 5.86. The summed E-state index contributed by atoms with van der Waals surface area (Å²) in [6, 6.07) is 3.37. The van der Waals surface area contributed by atoms with Gasteiger partial charge in [0.05, 0.1) is 0 Å². The highest BCUT2D eigenvalue weighted by atomic mass is 16.4. The molecule has 1 aliphatic heterocycles. The van der Waals surface area contributed by atoms with Crippen molar-refractivity contribution in [2.24, 2.45) is 5.92 Å². The minimum atomic E-state index is -0.992. The Morgan fingerprint density at radius 2 is 2.26 bits per heavy atom. The number of nitrogens with one attached hydrogen (secondary N) is 1. The number of nitrogens with zero attached hydrogens (tertiary/aromatic N) is 2. The Labute approximate surface area is 113 Å². The number of aromatic nitrogens is 1. The maximum absolute atomic E-state index is 10.8. The number of hydrogen-bond donors (Lipinski definition) is 2. The van der Waals surface area contributed by atoms with Crippen LogP contribution in [0.1, 0.15) is 30.3 Å². The number of carboxylic acid groups (broad SMARTS) is 1. The molecule has 1 fully saturated rings. The summed E-state index contributed by atoms with van der Waals surface area (Å²) < 4.78 is 0. The molecule has 0 aliphatic carbocycles. The molecule has 2 rings (SSSR count). The second-order valence-electron chi connectivity index (χ2n) is 5.23. The zero-order valence-corrected chi connectivity index (χ0v) is 11.3. The van der Waals surface area contributed by atoms with Crippen molar-refractivity contribution in [2.75, 3.05) is 31.5 Å². The second kappa shape index (κ2) is 6.52. The molecule has 104 valence electrons. The first-order valence-corrected chi connectivity index (χ1v) is 6.80. The molecule has 2 heterocycles. The number of rotatable bonds is 6. The molecule has 1 aromatic rings. The molecule has 1 aliphatic rings. The van der Waals surface area contributed by atoms with Crippen LogP contribution in [0, 0.1) is 5.92 Å². The minimum absolute atomic E-state index is 0.0807. The van der Waals surface area contributed by atoms with Gasteiger partial charge in [0.15, 0.2) is 0 Å². The molecular weight excluding hydrogens is 242 g/mol. The van der Waals surface area contributed by atoms with E-state index in [9.17, 15) is 4.79 Å². The molecule has 1 aromatic heterocycles. The molecule has 2 N–H and O–H groups in total. The van der Waals surface area contributed by atoms with Crippen LogP contribution in [0.25, 0.3) is 0 Å². The van der Waals surface area contributed by atoms with Gasteiger partial charge in [-0.25, -0.2) is 9.78 Å². The Hall–Kier alpha value is -1.62. The van der Waals surface area contributed by atoms with Gasteiger partial charge < -0.3 is 15.3 Å². The molecule has 0 saturated carbocycles. The van der Waals surface area contributed by atoms with Gasteiger partial charge in [-0.15, -0.1) is 0 Å². The van der Waals surface area contributed by atoms with E-state index >= 15 is 0 Å². The number of carboxylic acids is 1. The summed E-state index contributed by atoms with van der Waals surface area (Å²) in [6.45, 7) is 6.58. The summed E-state index contributed by atoms with van der Waals surface area (Å²) in [5.41, 5.74) is 0.901. The number of hydrogen-bond acceptors (Lipinski definition) is 4. The van der Waals surface area contributed by atoms with Crippen LogP contribution in [0.2, 0.25) is 0 Å². The van der Waals surface area contributed by atoms with Crippen molar-refractivity contribution in [1.82, 2.24) is 9.88 Å². The molecule has 0 aromatic carbocycles. The summed E-state index contributed by atoms with van der Waals surface area (Å²) in [4.78, 5) is 17.1. The third-order valence-electron chi connectivity index (χ3n) is 3.40. The van der Waals surface area contributed by atoms with Gasteiger partial charge in [-0.05, 0) is 44.0 Å². The maximum atomic E-state index is 10.8.